The molecule has 2 aliphatic rings. The molecular weight excluding hydrogens is 413 g/mol. The van der Waals surface area contributed by atoms with Crippen molar-refractivity contribution in [3.8, 4) is 0 Å². The Hall–Kier alpha value is -2.83. The number of methoxy groups -OCH3 is 1. The number of halogens is 2. The van der Waals surface area contributed by atoms with Crippen LogP contribution in [0.5, 0.6) is 0 Å². The number of ether oxygens (including phenoxy) is 1. The first-order valence-electron chi connectivity index (χ1n) is 8.87. The Morgan fingerprint density at radius 3 is 2.62 bits per heavy atom. The van der Waals surface area contributed by atoms with E-state index in [0.29, 0.717) is 21.5 Å². The van der Waals surface area contributed by atoms with E-state index in [-0.39, 0.29) is 24.7 Å². The van der Waals surface area contributed by atoms with Crippen molar-refractivity contribution >= 4 is 46.5 Å². The number of anilines is 1. The van der Waals surface area contributed by atoms with E-state index in [1.165, 1.54) is 12.0 Å². The van der Waals surface area contributed by atoms with Crippen molar-refractivity contribution in [2.75, 3.05) is 32.1 Å². The first kappa shape index (κ1) is 19.5. The van der Waals surface area contributed by atoms with Crippen LogP contribution in [0, 0.1) is 0 Å². The Balaban J connectivity index is 2.01. The standard InChI is InChI=1S/C21H17Cl2N3O3/c1-25-18(27)11-26-16-8-7-12(22)9-14(16)19(13-5-3-4-6-15(13)23)24-10-17(26)20(25)21(28)29-2/h3-9H,10-11H2,1-2H3. The topological polar surface area (TPSA) is 62.2 Å². The molecule has 2 aromatic carbocycles. The number of rotatable bonds is 2. The van der Waals surface area contributed by atoms with Crippen LogP contribution in [0.1, 0.15) is 11.1 Å². The summed E-state index contributed by atoms with van der Waals surface area (Å²) in [6.07, 6.45) is 0. The zero-order chi connectivity index (χ0) is 20.7. The third-order valence-corrected chi connectivity index (χ3v) is 5.57. The lowest BCUT2D eigenvalue weighted by atomic mass is 9.99. The number of benzene rings is 2. The summed E-state index contributed by atoms with van der Waals surface area (Å²) in [6.45, 7) is 0.251. The van der Waals surface area contributed by atoms with Crippen molar-refractivity contribution in [3.63, 3.8) is 0 Å². The van der Waals surface area contributed by atoms with Crippen molar-refractivity contribution in [1.82, 2.24) is 4.90 Å². The summed E-state index contributed by atoms with van der Waals surface area (Å²) in [4.78, 5) is 33.0. The van der Waals surface area contributed by atoms with Gasteiger partial charge in [0.15, 0.2) is 5.70 Å². The predicted octanol–water partition coefficient (Wildman–Crippen LogP) is 3.51. The summed E-state index contributed by atoms with van der Waals surface area (Å²) in [5.74, 6) is -0.816. The van der Waals surface area contributed by atoms with E-state index in [1.54, 1.807) is 30.1 Å². The molecule has 0 saturated carbocycles. The molecule has 2 aromatic rings. The van der Waals surface area contributed by atoms with Crippen LogP contribution in [0.4, 0.5) is 5.69 Å². The van der Waals surface area contributed by atoms with E-state index in [2.05, 4.69) is 0 Å². The maximum atomic E-state index is 12.6. The quantitative estimate of drug-likeness (QED) is 0.685. The van der Waals surface area contributed by atoms with Gasteiger partial charge in [-0.1, -0.05) is 41.4 Å². The number of likely N-dealkylation sites (N-methyl/N-ethyl adjacent to an activating group) is 1. The molecule has 2 heterocycles. The molecule has 0 fully saturated rings. The minimum absolute atomic E-state index is 0.0757. The summed E-state index contributed by atoms with van der Waals surface area (Å²) in [5.41, 5.74) is 3.62. The second-order valence-electron chi connectivity index (χ2n) is 6.63. The summed E-state index contributed by atoms with van der Waals surface area (Å²) in [5, 5.41) is 1.08. The highest BCUT2D eigenvalue weighted by Crippen LogP contribution is 2.36. The van der Waals surface area contributed by atoms with Crippen LogP contribution in [0.3, 0.4) is 0 Å². The zero-order valence-electron chi connectivity index (χ0n) is 15.8. The van der Waals surface area contributed by atoms with Gasteiger partial charge in [0.05, 0.1) is 30.8 Å². The molecule has 0 saturated heterocycles. The fourth-order valence-electron chi connectivity index (χ4n) is 3.58. The van der Waals surface area contributed by atoms with E-state index >= 15 is 0 Å². The van der Waals surface area contributed by atoms with Gasteiger partial charge in [0.2, 0.25) is 5.91 Å². The average Bonchev–Trinajstić information content (AvgIpc) is 2.85. The smallest absolute Gasteiger partial charge is 0.356 e. The minimum Gasteiger partial charge on any atom is -0.464 e. The number of esters is 1. The number of hydrogen-bond donors (Lipinski definition) is 0. The molecule has 6 nitrogen and oxygen atoms in total. The van der Waals surface area contributed by atoms with E-state index < -0.39 is 5.97 Å². The molecule has 148 valence electrons. The van der Waals surface area contributed by atoms with Gasteiger partial charge in [-0.25, -0.2) is 4.79 Å². The summed E-state index contributed by atoms with van der Waals surface area (Å²) >= 11 is 12.7. The Kier molecular flexibility index (Phi) is 5.06. The highest BCUT2D eigenvalue weighted by Gasteiger charge is 2.37. The average molecular weight is 430 g/mol. The molecule has 0 spiro atoms. The molecule has 0 unspecified atom stereocenters. The molecular formula is C21H17Cl2N3O3. The lowest BCUT2D eigenvalue weighted by molar-refractivity contribution is -0.141. The molecule has 8 heteroatoms. The lowest BCUT2D eigenvalue weighted by Gasteiger charge is -2.36. The molecule has 0 radical (unpaired) electrons. The van der Waals surface area contributed by atoms with Gasteiger partial charge in [0.25, 0.3) is 0 Å². The normalized spacial score (nSPS) is 16.1. The van der Waals surface area contributed by atoms with E-state index in [1.807, 2.05) is 24.3 Å². The number of fused-ring (bicyclic) bond motifs is 3. The number of aliphatic imine (C=N–C) groups is 1. The Bertz CT molecular complexity index is 1090. The van der Waals surface area contributed by atoms with E-state index in [4.69, 9.17) is 32.9 Å². The minimum atomic E-state index is -0.590. The number of nitrogens with zero attached hydrogens (tertiary/aromatic N) is 3. The summed E-state index contributed by atoms with van der Waals surface area (Å²) in [6, 6.07) is 12.8. The first-order valence-corrected chi connectivity index (χ1v) is 9.62. The molecule has 2 aliphatic heterocycles. The number of hydrogen-bond acceptors (Lipinski definition) is 5. The van der Waals surface area contributed by atoms with Crippen molar-refractivity contribution in [2.24, 2.45) is 4.99 Å². The highest BCUT2D eigenvalue weighted by molar-refractivity contribution is 6.36. The van der Waals surface area contributed by atoms with Gasteiger partial charge in [-0.15, -0.1) is 0 Å². The van der Waals surface area contributed by atoms with Crippen LogP contribution in [0.25, 0.3) is 0 Å². The van der Waals surface area contributed by atoms with Crippen molar-refractivity contribution < 1.29 is 14.3 Å². The maximum absolute atomic E-state index is 12.6. The van der Waals surface area contributed by atoms with Crippen molar-refractivity contribution in [1.29, 1.82) is 0 Å². The fourth-order valence-corrected chi connectivity index (χ4v) is 3.98. The molecule has 1 amide bonds. The molecule has 0 N–H and O–H groups in total. The SMILES string of the molecule is COC(=O)C1=C2CN=C(c3ccccc3Cl)c3cc(Cl)ccc3N2CC(=O)N1C. The molecule has 29 heavy (non-hydrogen) atoms. The van der Waals surface area contributed by atoms with Gasteiger partial charge in [-0.3, -0.25) is 9.79 Å². The van der Waals surface area contributed by atoms with Crippen LogP contribution >= 0.6 is 23.2 Å². The maximum Gasteiger partial charge on any atom is 0.356 e. The van der Waals surface area contributed by atoms with Crippen LogP contribution in [0.2, 0.25) is 10.0 Å². The second kappa shape index (κ2) is 7.54. The summed E-state index contributed by atoms with van der Waals surface area (Å²) < 4.78 is 4.93. The number of carbonyl (C=O) groups excluding carboxylic acids is 2. The monoisotopic (exact) mass is 429 g/mol. The first-order chi connectivity index (χ1) is 13.9. The second-order valence-corrected chi connectivity index (χ2v) is 7.48. The molecule has 0 atom stereocenters. The Morgan fingerprint density at radius 2 is 1.90 bits per heavy atom. The van der Waals surface area contributed by atoms with Crippen molar-refractivity contribution in [3.05, 3.63) is 75.0 Å². The third-order valence-electron chi connectivity index (χ3n) is 5.00. The van der Waals surface area contributed by atoms with Crippen LogP contribution in [0.15, 0.2) is 58.9 Å². The van der Waals surface area contributed by atoms with Crippen LogP contribution in [-0.4, -0.2) is 49.7 Å². The molecule has 0 aliphatic carbocycles. The van der Waals surface area contributed by atoms with Gasteiger partial charge in [0.1, 0.15) is 6.54 Å². The van der Waals surface area contributed by atoms with E-state index in [0.717, 1.165) is 16.8 Å². The van der Waals surface area contributed by atoms with Crippen LogP contribution < -0.4 is 4.90 Å². The summed E-state index contributed by atoms with van der Waals surface area (Å²) in [7, 11) is 2.85. The Labute approximate surface area is 178 Å². The zero-order valence-corrected chi connectivity index (χ0v) is 17.3. The largest absolute Gasteiger partial charge is 0.464 e. The Morgan fingerprint density at radius 1 is 1.14 bits per heavy atom. The number of amides is 1. The van der Waals surface area contributed by atoms with Crippen LogP contribution in [-0.2, 0) is 14.3 Å². The highest BCUT2D eigenvalue weighted by atomic mass is 35.5. The fraction of sp³-hybridized carbons (Fsp3) is 0.190. The van der Waals surface area contributed by atoms with E-state index in [9.17, 15) is 9.59 Å². The van der Waals surface area contributed by atoms with Gasteiger partial charge in [-0.2, -0.15) is 0 Å². The predicted molar refractivity (Wildman–Crippen MR) is 113 cm³/mol. The van der Waals surface area contributed by atoms with Crippen molar-refractivity contribution in [2.45, 2.75) is 0 Å². The van der Waals surface area contributed by atoms with Gasteiger partial charge >= 0.3 is 5.97 Å². The number of carbonyl (C=O) groups is 2. The van der Waals surface area contributed by atoms with Gasteiger partial charge in [-0.05, 0) is 24.3 Å². The molecule has 0 aromatic heterocycles. The molecule has 0 bridgehead atoms. The van der Waals surface area contributed by atoms with Gasteiger partial charge < -0.3 is 14.5 Å². The lowest BCUT2D eigenvalue weighted by Crippen LogP contribution is -2.47. The molecule has 4 rings (SSSR count). The van der Waals surface area contributed by atoms with Gasteiger partial charge in [0, 0.05) is 28.2 Å². The third kappa shape index (κ3) is 3.28.